The van der Waals surface area contributed by atoms with Gasteiger partial charge in [0.15, 0.2) is 11.5 Å². The van der Waals surface area contributed by atoms with Crippen LogP contribution in [0.25, 0.3) is 0 Å². The minimum Gasteiger partial charge on any atom is -0.493 e. The number of nitrogens with zero attached hydrogens (tertiary/aromatic N) is 2. The summed E-state index contributed by atoms with van der Waals surface area (Å²) in [5.41, 5.74) is 1.47. The fourth-order valence-electron chi connectivity index (χ4n) is 1.74. The SMILES string of the molecule is COc1cc(C)c(NC(=O)c2n[nH]c(C)n2)cc1OC. The van der Waals surface area contributed by atoms with E-state index in [0.29, 0.717) is 23.0 Å². The maximum atomic E-state index is 12.0. The summed E-state index contributed by atoms with van der Waals surface area (Å²) in [6.45, 7) is 3.59. The third kappa shape index (κ3) is 2.71. The third-order valence-corrected chi connectivity index (χ3v) is 2.78. The number of ether oxygens (including phenoxy) is 2. The molecule has 1 aromatic heterocycles. The lowest BCUT2D eigenvalue weighted by Gasteiger charge is -2.12. The van der Waals surface area contributed by atoms with Crippen LogP contribution in [0.15, 0.2) is 12.1 Å². The molecule has 106 valence electrons. The first-order chi connectivity index (χ1) is 9.55. The van der Waals surface area contributed by atoms with Gasteiger partial charge in [0.25, 0.3) is 5.91 Å². The largest absolute Gasteiger partial charge is 0.493 e. The van der Waals surface area contributed by atoms with Gasteiger partial charge in [0.2, 0.25) is 5.82 Å². The number of nitrogens with one attached hydrogen (secondary N) is 2. The van der Waals surface area contributed by atoms with Gasteiger partial charge in [0, 0.05) is 11.8 Å². The summed E-state index contributed by atoms with van der Waals surface area (Å²) in [5.74, 6) is 1.44. The van der Waals surface area contributed by atoms with Crippen molar-refractivity contribution in [3.05, 3.63) is 29.3 Å². The van der Waals surface area contributed by atoms with E-state index in [4.69, 9.17) is 9.47 Å². The van der Waals surface area contributed by atoms with E-state index in [0.717, 1.165) is 5.56 Å². The summed E-state index contributed by atoms with van der Waals surface area (Å²) in [5, 5.41) is 9.18. The van der Waals surface area contributed by atoms with Gasteiger partial charge in [-0.05, 0) is 25.5 Å². The second-order valence-corrected chi connectivity index (χ2v) is 4.22. The fraction of sp³-hybridized carbons (Fsp3) is 0.308. The van der Waals surface area contributed by atoms with Crippen LogP contribution in [0.5, 0.6) is 11.5 Å². The van der Waals surface area contributed by atoms with Crippen molar-refractivity contribution in [3.63, 3.8) is 0 Å². The highest BCUT2D eigenvalue weighted by Crippen LogP contribution is 2.32. The minimum absolute atomic E-state index is 0.0942. The molecule has 0 aliphatic rings. The van der Waals surface area contributed by atoms with Gasteiger partial charge in [-0.15, -0.1) is 5.10 Å². The first kappa shape index (κ1) is 13.9. The summed E-state index contributed by atoms with van der Waals surface area (Å²) in [6, 6.07) is 3.49. The van der Waals surface area contributed by atoms with Gasteiger partial charge in [-0.2, -0.15) is 0 Å². The molecule has 0 saturated carbocycles. The number of hydrogen-bond acceptors (Lipinski definition) is 5. The summed E-state index contributed by atoms with van der Waals surface area (Å²) in [7, 11) is 3.10. The zero-order valence-corrected chi connectivity index (χ0v) is 11.8. The van der Waals surface area contributed by atoms with Crippen molar-refractivity contribution in [1.29, 1.82) is 0 Å². The molecule has 2 aromatic rings. The monoisotopic (exact) mass is 276 g/mol. The van der Waals surface area contributed by atoms with Crippen LogP contribution >= 0.6 is 0 Å². The number of aryl methyl sites for hydroxylation is 2. The highest BCUT2D eigenvalue weighted by atomic mass is 16.5. The predicted octanol–water partition coefficient (Wildman–Crippen LogP) is 1.69. The van der Waals surface area contributed by atoms with Crippen LogP contribution in [-0.4, -0.2) is 35.3 Å². The molecule has 2 rings (SSSR count). The van der Waals surface area contributed by atoms with E-state index in [9.17, 15) is 4.79 Å². The third-order valence-electron chi connectivity index (χ3n) is 2.78. The van der Waals surface area contributed by atoms with Crippen LogP contribution in [0, 0.1) is 13.8 Å². The molecule has 0 bridgehead atoms. The van der Waals surface area contributed by atoms with Crippen molar-refractivity contribution >= 4 is 11.6 Å². The number of aromatic amines is 1. The molecule has 1 amide bonds. The Bertz CT molecular complexity index is 637. The Balaban J connectivity index is 2.27. The van der Waals surface area contributed by atoms with E-state index in [-0.39, 0.29) is 11.7 Å². The van der Waals surface area contributed by atoms with Gasteiger partial charge < -0.3 is 14.8 Å². The number of carbonyl (C=O) groups is 1. The molecule has 0 aliphatic carbocycles. The molecule has 0 unspecified atom stereocenters. The second-order valence-electron chi connectivity index (χ2n) is 4.22. The van der Waals surface area contributed by atoms with Gasteiger partial charge in [0.1, 0.15) is 5.82 Å². The molecule has 0 atom stereocenters. The molecule has 7 heteroatoms. The Morgan fingerprint density at radius 2 is 1.85 bits per heavy atom. The maximum absolute atomic E-state index is 12.0. The molecule has 0 saturated heterocycles. The number of amides is 1. The van der Waals surface area contributed by atoms with E-state index in [1.165, 1.54) is 7.11 Å². The van der Waals surface area contributed by atoms with Gasteiger partial charge in [0.05, 0.1) is 14.2 Å². The van der Waals surface area contributed by atoms with Gasteiger partial charge in [-0.3, -0.25) is 9.89 Å². The first-order valence-corrected chi connectivity index (χ1v) is 5.98. The lowest BCUT2D eigenvalue weighted by atomic mass is 10.1. The number of hydrogen-bond donors (Lipinski definition) is 2. The number of aromatic nitrogens is 3. The van der Waals surface area contributed by atoms with Crippen molar-refractivity contribution < 1.29 is 14.3 Å². The van der Waals surface area contributed by atoms with Gasteiger partial charge in [-0.25, -0.2) is 4.98 Å². The Kier molecular flexibility index (Phi) is 3.88. The number of methoxy groups -OCH3 is 2. The van der Waals surface area contributed by atoms with E-state index < -0.39 is 0 Å². The molecule has 0 spiro atoms. The van der Waals surface area contributed by atoms with Crippen molar-refractivity contribution in [1.82, 2.24) is 15.2 Å². The average Bonchev–Trinajstić information content (AvgIpc) is 2.87. The number of carbonyl (C=O) groups excluding carboxylic acids is 1. The summed E-state index contributed by atoms with van der Waals surface area (Å²) in [6.07, 6.45) is 0. The number of H-pyrrole nitrogens is 1. The van der Waals surface area contributed by atoms with Crippen molar-refractivity contribution in [2.24, 2.45) is 0 Å². The summed E-state index contributed by atoms with van der Waals surface area (Å²) in [4.78, 5) is 16.0. The molecule has 0 radical (unpaired) electrons. The van der Waals surface area contributed by atoms with E-state index in [2.05, 4.69) is 20.5 Å². The molecular weight excluding hydrogens is 260 g/mol. The van der Waals surface area contributed by atoms with E-state index in [1.807, 2.05) is 6.92 Å². The summed E-state index contributed by atoms with van der Waals surface area (Å²) < 4.78 is 10.4. The van der Waals surface area contributed by atoms with Crippen molar-refractivity contribution in [2.45, 2.75) is 13.8 Å². The van der Waals surface area contributed by atoms with Gasteiger partial charge >= 0.3 is 0 Å². The standard InChI is InChI=1S/C13H16N4O3/c1-7-5-10(19-3)11(20-4)6-9(7)15-13(18)12-14-8(2)16-17-12/h5-6H,1-4H3,(H,15,18)(H,14,16,17). The van der Waals surface area contributed by atoms with Gasteiger partial charge in [-0.1, -0.05) is 0 Å². The van der Waals surface area contributed by atoms with E-state index in [1.54, 1.807) is 26.2 Å². The fourth-order valence-corrected chi connectivity index (χ4v) is 1.74. The Labute approximate surface area is 116 Å². The van der Waals surface area contributed by atoms with Crippen LogP contribution < -0.4 is 14.8 Å². The molecule has 7 nitrogen and oxygen atoms in total. The molecular formula is C13H16N4O3. The molecule has 1 aromatic carbocycles. The maximum Gasteiger partial charge on any atom is 0.295 e. The topological polar surface area (TPSA) is 89.1 Å². The molecule has 0 aliphatic heterocycles. The molecule has 1 heterocycles. The Morgan fingerprint density at radius 3 is 2.40 bits per heavy atom. The van der Waals surface area contributed by atoms with Crippen LogP contribution in [0.2, 0.25) is 0 Å². The van der Waals surface area contributed by atoms with Crippen molar-refractivity contribution in [3.8, 4) is 11.5 Å². The summed E-state index contributed by atoms with van der Waals surface area (Å²) >= 11 is 0. The normalized spacial score (nSPS) is 10.2. The van der Waals surface area contributed by atoms with Crippen molar-refractivity contribution in [2.75, 3.05) is 19.5 Å². The zero-order valence-electron chi connectivity index (χ0n) is 11.8. The highest BCUT2D eigenvalue weighted by molar-refractivity contribution is 6.02. The smallest absolute Gasteiger partial charge is 0.295 e. The Morgan fingerprint density at radius 1 is 1.20 bits per heavy atom. The predicted molar refractivity (Wildman–Crippen MR) is 73.4 cm³/mol. The average molecular weight is 276 g/mol. The number of rotatable bonds is 4. The molecule has 0 fully saturated rings. The number of benzene rings is 1. The molecule has 2 N–H and O–H groups in total. The van der Waals surface area contributed by atoms with Crippen LogP contribution in [0.4, 0.5) is 5.69 Å². The van der Waals surface area contributed by atoms with E-state index >= 15 is 0 Å². The lowest BCUT2D eigenvalue weighted by molar-refractivity contribution is 0.101. The number of anilines is 1. The zero-order chi connectivity index (χ0) is 14.7. The lowest BCUT2D eigenvalue weighted by Crippen LogP contribution is -2.14. The Hall–Kier alpha value is -2.57. The highest BCUT2D eigenvalue weighted by Gasteiger charge is 2.15. The van der Waals surface area contributed by atoms with Crippen LogP contribution in [-0.2, 0) is 0 Å². The van der Waals surface area contributed by atoms with Crippen LogP contribution in [0.3, 0.4) is 0 Å². The minimum atomic E-state index is -0.385. The quantitative estimate of drug-likeness (QED) is 0.887. The second kappa shape index (κ2) is 5.60. The van der Waals surface area contributed by atoms with Crippen LogP contribution in [0.1, 0.15) is 22.0 Å². The first-order valence-electron chi connectivity index (χ1n) is 5.98. The molecule has 20 heavy (non-hydrogen) atoms.